The second kappa shape index (κ2) is 2.59. The van der Waals surface area contributed by atoms with Gasteiger partial charge in [-0.1, -0.05) is 19.1 Å². The number of fused-ring (bicyclic) bond motifs is 1. The lowest BCUT2D eigenvalue weighted by Gasteiger charge is -2.21. The number of allylic oxidation sites excluding steroid dienone is 2. The van der Waals surface area contributed by atoms with Gasteiger partial charge in [-0.15, -0.1) is 8.58 Å². The van der Waals surface area contributed by atoms with Gasteiger partial charge in [0.15, 0.2) is 0 Å². The highest BCUT2D eigenvalue weighted by Crippen LogP contribution is 2.64. The van der Waals surface area contributed by atoms with Crippen LogP contribution in [0.3, 0.4) is 0 Å². The summed E-state index contributed by atoms with van der Waals surface area (Å²) in [4.78, 5) is 0. The summed E-state index contributed by atoms with van der Waals surface area (Å²) in [6, 6.07) is 0. The molecule has 0 heterocycles. The summed E-state index contributed by atoms with van der Waals surface area (Å²) >= 11 is 0. The van der Waals surface area contributed by atoms with Crippen LogP contribution < -0.4 is 0 Å². The number of rotatable bonds is 2. The molecule has 1 heteroatoms. The lowest BCUT2D eigenvalue weighted by atomic mass is 9.91. The van der Waals surface area contributed by atoms with Gasteiger partial charge in [0, 0.05) is 0 Å². The van der Waals surface area contributed by atoms with E-state index in [9.17, 15) is 0 Å². The van der Waals surface area contributed by atoms with Crippen molar-refractivity contribution in [1.82, 2.24) is 0 Å². The van der Waals surface area contributed by atoms with Gasteiger partial charge in [-0.3, -0.25) is 0 Å². The first kappa shape index (κ1) is 7.80. The van der Waals surface area contributed by atoms with E-state index >= 15 is 0 Å². The predicted molar refractivity (Wildman–Crippen MR) is 52.6 cm³/mol. The maximum atomic E-state index is 2.46. The average Bonchev–Trinajstić information content (AvgIpc) is 2.78. The monoisotopic (exact) mass is 168 g/mol. The van der Waals surface area contributed by atoms with E-state index in [1.807, 2.05) is 0 Å². The largest absolute Gasteiger partial charge is 0.118 e. The second-order valence-electron chi connectivity index (χ2n) is 3.97. The first-order chi connectivity index (χ1) is 5.32. The van der Waals surface area contributed by atoms with E-state index in [0.29, 0.717) is 0 Å². The Kier molecular flexibility index (Phi) is 1.84. The van der Waals surface area contributed by atoms with Crippen molar-refractivity contribution < 1.29 is 0 Å². The Morgan fingerprint density at radius 2 is 2.45 bits per heavy atom. The molecule has 0 aromatic carbocycles. The van der Waals surface area contributed by atoms with E-state index in [1.165, 1.54) is 19.3 Å². The fraction of sp³-hybridized carbons (Fsp3) is 0.800. The van der Waals surface area contributed by atoms with Crippen molar-refractivity contribution in [2.24, 2.45) is 11.3 Å². The highest BCUT2D eigenvalue weighted by molar-refractivity contribution is 7.38. The van der Waals surface area contributed by atoms with E-state index in [-0.39, 0.29) is 0 Å². The van der Waals surface area contributed by atoms with E-state index in [2.05, 4.69) is 25.7 Å². The van der Waals surface area contributed by atoms with Gasteiger partial charge in [0.25, 0.3) is 0 Å². The van der Waals surface area contributed by atoms with Crippen molar-refractivity contribution in [3.8, 4) is 0 Å². The van der Waals surface area contributed by atoms with Crippen LogP contribution in [-0.2, 0) is 0 Å². The predicted octanol–water partition coefficient (Wildman–Crippen LogP) is 3.04. The Bertz CT molecular complexity index is 185. The first-order valence-corrected chi connectivity index (χ1v) is 6.24. The van der Waals surface area contributed by atoms with Crippen LogP contribution in [-0.4, -0.2) is 12.3 Å². The summed E-state index contributed by atoms with van der Waals surface area (Å²) < 4.78 is 0. The van der Waals surface area contributed by atoms with E-state index < -0.39 is 0 Å². The Balaban J connectivity index is 2.10. The maximum Gasteiger partial charge on any atom is -0.00259 e. The molecule has 0 aliphatic heterocycles. The summed E-state index contributed by atoms with van der Waals surface area (Å²) in [7, 11) is 1.13. The Hall–Kier alpha value is 0.170. The molecule has 1 saturated carbocycles. The standard InChI is InChI=1S/C10H17P/c1-3-10-6-4-5-9(11-2)8(10)7-10/h4-5,8-9,11H,3,6-7H2,1-2H3. The maximum absolute atomic E-state index is 2.46. The highest BCUT2D eigenvalue weighted by Gasteiger charge is 2.55. The van der Waals surface area contributed by atoms with Crippen molar-refractivity contribution in [2.45, 2.75) is 31.8 Å². The average molecular weight is 168 g/mol. The molecule has 0 bridgehead atoms. The molecule has 2 aliphatic rings. The Labute approximate surface area is 71.2 Å². The van der Waals surface area contributed by atoms with E-state index in [0.717, 1.165) is 25.6 Å². The quantitative estimate of drug-likeness (QED) is 0.439. The van der Waals surface area contributed by atoms with Gasteiger partial charge in [0.1, 0.15) is 0 Å². The van der Waals surface area contributed by atoms with Crippen molar-refractivity contribution in [3.05, 3.63) is 12.2 Å². The molecule has 4 unspecified atom stereocenters. The Morgan fingerprint density at radius 1 is 1.64 bits per heavy atom. The van der Waals surface area contributed by atoms with Gasteiger partial charge >= 0.3 is 0 Å². The van der Waals surface area contributed by atoms with Crippen molar-refractivity contribution >= 4 is 8.58 Å². The van der Waals surface area contributed by atoms with Crippen LogP contribution in [0.25, 0.3) is 0 Å². The summed E-state index contributed by atoms with van der Waals surface area (Å²) in [6.07, 6.45) is 9.18. The number of hydrogen-bond donors (Lipinski definition) is 0. The summed E-state index contributed by atoms with van der Waals surface area (Å²) in [5.74, 6) is 1.07. The van der Waals surface area contributed by atoms with Gasteiger partial charge in [-0.25, -0.2) is 0 Å². The van der Waals surface area contributed by atoms with Crippen LogP contribution in [0.1, 0.15) is 26.2 Å². The first-order valence-electron chi connectivity index (χ1n) is 4.66. The van der Waals surface area contributed by atoms with Crippen LogP contribution in [0.2, 0.25) is 0 Å². The SMILES string of the molecule is CCC12CC=CC(PC)C1C2. The molecule has 0 saturated heterocycles. The van der Waals surface area contributed by atoms with Gasteiger partial charge in [0.05, 0.1) is 0 Å². The third kappa shape index (κ3) is 1.07. The number of hydrogen-bond acceptors (Lipinski definition) is 0. The summed E-state index contributed by atoms with van der Waals surface area (Å²) in [6.45, 7) is 4.70. The molecule has 0 radical (unpaired) electrons. The molecule has 11 heavy (non-hydrogen) atoms. The molecule has 0 amide bonds. The molecular weight excluding hydrogens is 151 g/mol. The van der Waals surface area contributed by atoms with Crippen LogP contribution in [0.4, 0.5) is 0 Å². The topological polar surface area (TPSA) is 0 Å². The molecular formula is C10H17P. The van der Waals surface area contributed by atoms with Crippen LogP contribution in [0, 0.1) is 11.3 Å². The molecule has 0 aromatic rings. The minimum Gasteiger partial charge on any atom is -0.118 e. The lowest BCUT2D eigenvalue weighted by molar-refractivity contribution is 0.434. The molecule has 2 rings (SSSR count). The molecule has 1 fully saturated rings. The smallest absolute Gasteiger partial charge is 0.00259 e. The molecule has 0 spiro atoms. The summed E-state index contributed by atoms with van der Waals surface area (Å²) in [5, 5.41) is 0. The minimum absolute atomic E-state index is 0.780. The lowest BCUT2D eigenvalue weighted by Crippen LogP contribution is -2.13. The normalized spacial score (nSPS) is 48.2. The molecule has 0 N–H and O–H groups in total. The van der Waals surface area contributed by atoms with E-state index in [4.69, 9.17) is 0 Å². The summed E-state index contributed by atoms with van der Waals surface area (Å²) in [5.41, 5.74) is 1.73. The minimum atomic E-state index is 0.780. The second-order valence-corrected chi connectivity index (χ2v) is 5.22. The zero-order chi connectivity index (χ0) is 7.90. The van der Waals surface area contributed by atoms with Gasteiger partial charge < -0.3 is 0 Å². The van der Waals surface area contributed by atoms with Gasteiger partial charge in [0.2, 0.25) is 0 Å². The van der Waals surface area contributed by atoms with Crippen molar-refractivity contribution in [2.75, 3.05) is 6.66 Å². The van der Waals surface area contributed by atoms with Crippen LogP contribution in [0.15, 0.2) is 12.2 Å². The third-order valence-corrected chi connectivity index (χ3v) is 4.85. The molecule has 62 valence electrons. The fourth-order valence-corrected chi connectivity index (χ4v) is 3.76. The Morgan fingerprint density at radius 3 is 3.09 bits per heavy atom. The molecule has 0 aromatic heterocycles. The van der Waals surface area contributed by atoms with Gasteiger partial charge in [-0.05, 0) is 42.9 Å². The van der Waals surface area contributed by atoms with Crippen LogP contribution >= 0.6 is 8.58 Å². The zero-order valence-corrected chi connectivity index (χ0v) is 8.43. The van der Waals surface area contributed by atoms with E-state index in [1.54, 1.807) is 0 Å². The molecule has 4 atom stereocenters. The van der Waals surface area contributed by atoms with Crippen molar-refractivity contribution in [1.29, 1.82) is 0 Å². The third-order valence-electron chi connectivity index (χ3n) is 3.59. The van der Waals surface area contributed by atoms with Crippen molar-refractivity contribution in [3.63, 3.8) is 0 Å². The van der Waals surface area contributed by atoms with Crippen LogP contribution in [0.5, 0.6) is 0 Å². The highest BCUT2D eigenvalue weighted by atomic mass is 31.1. The zero-order valence-electron chi connectivity index (χ0n) is 7.43. The molecule has 0 nitrogen and oxygen atoms in total. The molecule has 2 aliphatic carbocycles. The van der Waals surface area contributed by atoms with Gasteiger partial charge in [-0.2, -0.15) is 0 Å². The fourth-order valence-electron chi connectivity index (χ4n) is 2.55.